The first-order valence-corrected chi connectivity index (χ1v) is 11.4. The second-order valence-corrected chi connectivity index (χ2v) is 10.2. The summed E-state index contributed by atoms with van der Waals surface area (Å²) >= 11 is 6.20. The molecule has 0 bridgehead atoms. The molecule has 0 radical (unpaired) electrons. The third-order valence-electron chi connectivity index (χ3n) is 5.27. The second kappa shape index (κ2) is 8.47. The van der Waals surface area contributed by atoms with Gasteiger partial charge in [0.1, 0.15) is 0 Å². The van der Waals surface area contributed by atoms with Gasteiger partial charge in [0, 0.05) is 26.2 Å². The molecule has 0 unspecified atom stereocenters. The number of amides is 1. The molecule has 8 heteroatoms. The number of rotatable bonds is 4. The molecule has 2 heterocycles. The number of carbonyl (C=O) groups excluding carboxylic acids is 1. The van der Waals surface area contributed by atoms with Gasteiger partial charge < -0.3 is 0 Å². The number of benzene rings is 1. The largest absolute Gasteiger partial charge is 0.285 e. The van der Waals surface area contributed by atoms with Crippen LogP contribution in [0, 0.1) is 11.8 Å². The third-order valence-corrected chi connectivity index (χ3v) is 7.43. The summed E-state index contributed by atoms with van der Waals surface area (Å²) in [6.07, 6.45) is 4.26. The quantitative estimate of drug-likeness (QED) is 0.823. The summed E-state index contributed by atoms with van der Waals surface area (Å²) in [5.74, 6) is 0.273. The van der Waals surface area contributed by atoms with Gasteiger partial charge in [-0.2, -0.15) is 4.31 Å². The van der Waals surface area contributed by atoms with Gasteiger partial charge in [-0.3, -0.25) is 10.2 Å². The fraction of sp³-hybridized carbons (Fsp3) is 0.632. The van der Waals surface area contributed by atoms with Crippen molar-refractivity contribution in [1.29, 1.82) is 0 Å². The smallest absolute Gasteiger partial charge is 0.267 e. The average Bonchev–Trinajstić information content (AvgIpc) is 2.62. The van der Waals surface area contributed by atoms with Gasteiger partial charge in [-0.15, -0.1) is 0 Å². The molecule has 3 rings (SSSR count). The van der Waals surface area contributed by atoms with Crippen LogP contribution in [-0.2, 0) is 10.0 Å². The average molecular weight is 414 g/mol. The summed E-state index contributed by atoms with van der Waals surface area (Å²) in [5, 5.41) is 2.13. The van der Waals surface area contributed by atoms with E-state index in [0.29, 0.717) is 24.9 Å². The van der Waals surface area contributed by atoms with Crippen LogP contribution in [-0.4, -0.2) is 49.8 Å². The topological polar surface area (TPSA) is 69.7 Å². The zero-order chi connectivity index (χ0) is 19.6. The highest BCUT2D eigenvalue weighted by molar-refractivity contribution is 7.89. The Kier molecular flexibility index (Phi) is 6.46. The third kappa shape index (κ3) is 4.83. The Balaban J connectivity index is 1.82. The van der Waals surface area contributed by atoms with Crippen LogP contribution in [0.25, 0.3) is 0 Å². The number of hydrogen-bond donors (Lipinski definition) is 1. The molecular weight excluding hydrogens is 386 g/mol. The maximum absolute atomic E-state index is 13.1. The van der Waals surface area contributed by atoms with E-state index < -0.39 is 10.0 Å². The zero-order valence-corrected chi connectivity index (χ0v) is 17.5. The van der Waals surface area contributed by atoms with Crippen LogP contribution in [0.4, 0.5) is 0 Å². The molecule has 150 valence electrons. The van der Waals surface area contributed by atoms with E-state index >= 15 is 0 Å². The summed E-state index contributed by atoms with van der Waals surface area (Å²) in [5.41, 5.74) is 3.05. The lowest BCUT2D eigenvalue weighted by Gasteiger charge is -2.34. The summed E-state index contributed by atoms with van der Waals surface area (Å²) in [7, 11) is -3.65. The van der Waals surface area contributed by atoms with E-state index in [0.717, 1.165) is 38.8 Å². The molecule has 2 aliphatic rings. The van der Waals surface area contributed by atoms with Crippen molar-refractivity contribution < 1.29 is 13.2 Å². The predicted molar refractivity (Wildman–Crippen MR) is 106 cm³/mol. The summed E-state index contributed by atoms with van der Waals surface area (Å²) in [6.45, 7) is 6.74. The van der Waals surface area contributed by atoms with Crippen molar-refractivity contribution in [2.24, 2.45) is 11.8 Å². The van der Waals surface area contributed by atoms with E-state index in [9.17, 15) is 13.2 Å². The Bertz CT molecular complexity index is 783. The molecular formula is C19H28ClN3O3S. The minimum Gasteiger partial charge on any atom is -0.285 e. The fourth-order valence-electron chi connectivity index (χ4n) is 4.00. The molecule has 0 aliphatic carbocycles. The van der Waals surface area contributed by atoms with E-state index in [4.69, 9.17) is 11.6 Å². The van der Waals surface area contributed by atoms with Gasteiger partial charge in [-0.1, -0.05) is 31.9 Å². The molecule has 1 amide bonds. The number of nitrogens with one attached hydrogen (secondary N) is 1. The van der Waals surface area contributed by atoms with Crippen molar-refractivity contribution in [3.8, 4) is 0 Å². The van der Waals surface area contributed by atoms with Crippen LogP contribution in [0.1, 0.15) is 49.9 Å². The van der Waals surface area contributed by atoms with Crippen LogP contribution in [0.3, 0.4) is 0 Å². The Morgan fingerprint density at radius 2 is 1.74 bits per heavy atom. The van der Waals surface area contributed by atoms with Gasteiger partial charge >= 0.3 is 0 Å². The van der Waals surface area contributed by atoms with Gasteiger partial charge in [0.2, 0.25) is 10.0 Å². The number of piperidine rings is 2. The van der Waals surface area contributed by atoms with Crippen LogP contribution < -0.4 is 5.43 Å². The molecule has 1 N–H and O–H groups in total. The van der Waals surface area contributed by atoms with Gasteiger partial charge in [-0.05, 0) is 49.3 Å². The number of hydrazine groups is 1. The Morgan fingerprint density at radius 1 is 1.11 bits per heavy atom. The van der Waals surface area contributed by atoms with Crippen molar-refractivity contribution >= 4 is 27.5 Å². The molecule has 2 saturated heterocycles. The second-order valence-electron chi connectivity index (χ2n) is 7.90. The molecule has 2 fully saturated rings. The van der Waals surface area contributed by atoms with E-state index in [1.807, 2.05) is 5.01 Å². The maximum atomic E-state index is 13.1. The number of carbonyl (C=O) groups is 1. The standard InChI is InChI=1S/C19H28ClN3O3S/c1-14-10-15(2)13-23(12-14)27(25,26)16-6-7-18(20)17(11-16)19(24)21-22-8-4-3-5-9-22/h6-7,11,14-15H,3-5,8-10,12-13H2,1-2H3,(H,21,24)/t14-,15-/m0/s1. The molecule has 0 saturated carbocycles. The first-order valence-electron chi connectivity index (χ1n) is 9.63. The molecule has 2 atom stereocenters. The molecule has 6 nitrogen and oxygen atoms in total. The highest BCUT2D eigenvalue weighted by Gasteiger charge is 2.32. The van der Waals surface area contributed by atoms with Crippen LogP contribution in [0.15, 0.2) is 23.1 Å². The van der Waals surface area contributed by atoms with E-state index in [1.54, 1.807) is 0 Å². The Hall–Kier alpha value is -1.15. The van der Waals surface area contributed by atoms with Gasteiger partial charge in [0.15, 0.2) is 0 Å². The Labute approximate surface area is 166 Å². The van der Waals surface area contributed by atoms with Crippen LogP contribution in [0.5, 0.6) is 0 Å². The van der Waals surface area contributed by atoms with E-state index in [2.05, 4.69) is 19.3 Å². The van der Waals surface area contributed by atoms with Crippen LogP contribution >= 0.6 is 11.6 Å². The molecule has 2 aliphatic heterocycles. The number of hydrogen-bond acceptors (Lipinski definition) is 4. The monoisotopic (exact) mass is 413 g/mol. The summed E-state index contributed by atoms with van der Waals surface area (Å²) < 4.78 is 27.7. The Morgan fingerprint density at radius 3 is 2.37 bits per heavy atom. The molecule has 1 aromatic rings. The SMILES string of the molecule is C[C@H]1C[C@H](C)CN(S(=O)(=O)c2ccc(Cl)c(C(=O)NN3CCCCC3)c2)C1. The first kappa shape index (κ1) is 20.6. The summed E-state index contributed by atoms with van der Waals surface area (Å²) in [4.78, 5) is 12.8. The van der Waals surface area contributed by atoms with E-state index in [1.165, 1.54) is 22.5 Å². The van der Waals surface area contributed by atoms with Crippen molar-refractivity contribution in [3.63, 3.8) is 0 Å². The number of halogens is 1. The van der Waals surface area contributed by atoms with Crippen LogP contribution in [0.2, 0.25) is 5.02 Å². The van der Waals surface area contributed by atoms with Crippen molar-refractivity contribution in [1.82, 2.24) is 14.7 Å². The van der Waals surface area contributed by atoms with Crippen molar-refractivity contribution in [2.75, 3.05) is 26.2 Å². The highest BCUT2D eigenvalue weighted by Crippen LogP contribution is 2.28. The number of sulfonamides is 1. The predicted octanol–water partition coefficient (Wildman–Crippen LogP) is 3.14. The molecule has 0 aromatic heterocycles. The van der Waals surface area contributed by atoms with Crippen molar-refractivity contribution in [3.05, 3.63) is 28.8 Å². The maximum Gasteiger partial charge on any atom is 0.267 e. The van der Waals surface area contributed by atoms with Crippen molar-refractivity contribution in [2.45, 2.75) is 44.4 Å². The lowest BCUT2D eigenvalue weighted by molar-refractivity contribution is 0.0750. The fourth-order valence-corrected chi connectivity index (χ4v) is 5.91. The molecule has 1 aromatic carbocycles. The molecule has 27 heavy (non-hydrogen) atoms. The summed E-state index contributed by atoms with van der Waals surface area (Å²) in [6, 6.07) is 4.39. The minimum atomic E-state index is -3.65. The number of nitrogens with zero attached hydrogens (tertiary/aromatic N) is 2. The van der Waals surface area contributed by atoms with Gasteiger partial charge in [0.05, 0.1) is 15.5 Å². The highest BCUT2D eigenvalue weighted by atomic mass is 35.5. The lowest BCUT2D eigenvalue weighted by Crippen LogP contribution is -2.45. The lowest BCUT2D eigenvalue weighted by atomic mass is 9.94. The molecule has 0 spiro atoms. The minimum absolute atomic E-state index is 0.122. The van der Waals surface area contributed by atoms with Gasteiger partial charge in [-0.25, -0.2) is 13.4 Å². The first-order chi connectivity index (χ1) is 12.8. The van der Waals surface area contributed by atoms with Gasteiger partial charge in [0.25, 0.3) is 5.91 Å². The van der Waals surface area contributed by atoms with E-state index in [-0.39, 0.29) is 21.4 Å². The normalized spacial score (nSPS) is 25.3. The zero-order valence-electron chi connectivity index (χ0n) is 15.9.